The van der Waals surface area contributed by atoms with Gasteiger partial charge in [-0.15, -0.1) is 0 Å². The molecule has 1 aliphatic heterocycles. The molecule has 0 aliphatic carbocycles. The fourth-order valence-corrected chi connectivity index (χ4v) is 4.75. The summed E-state index contributed by atoms with van der Waals surface area (Å²) in [5.41, 5.74) is -0.255. The average Bonchev–Trinajstić information content (AvgIpc) is 3.36. The Morgan fingerprint density at radius 2 is 2.06 bits per heavy atom. The third-order valence-electron chi connectivity index (χ3n) is 5.55. The third kappa shape index (κ3) is 4.91. The minimum Gasteiger partial charge on any atom is -0.481 e. The summed E-state index contributed by atoms with van der Waals surface area (Å²) < 4.78 is 59.9. The molecule has 1 fully saturated rings. The van der Waals surface area contributed by atoms with Crippen LogP contribution in [0.5, 0.6) is 5.88 Å². The average molecular weight is 483 g/mol. The maximum absolute atomic E-state index is 14.4. The summed E-state index contributed by atoms with van der Waals surface area (Å²) in [6.45, 7) is 5.02. The van der Waals surface area contributed by atoms with Crippen LogP contribution in [0.3, 0.4) is 0 Å². The normalized spacial score (nSPS) is 16.9. The number of alkyl halides is 3. The quantitative estimate of drug-likeness (QED) is 0.484. The molecular weight excluding hydrogens is 460 g/mol. The molecule has 3 aromatic heterocycles. The van der Waals surface area contributed by atoms with Crippen LogP contribution in [-0.4, -0.2) is 44.5 Å². The number of rotatable bonds is 6. The zero-order chi connectivity index (χ0) is 23.8. The summed E-state index contributed by atoms with van der Waals surface area (Å²) in [6.07, 6.45) is -0.0118. The molecule has 0 aromatic carbocycles. The number of halogens is 4. The van der Waals surface area contributed by atoms with E-state index in [0.717, 1.165) is 37.4 Å². The van der Waals surface area contributed by atoms with Crippen LogP contribution < -0.4 is 10.1 Å². The van der Waals surface area contributed by atoms with Gasteiger partial charge in [0, 0.05) is 29.2 Å². The number of nitrogens with zero attached hydrogens (tertiary/aromatic N) is 5. The van der Waals surface area contributed by atoms with E-state index in [1.165, 1.54) is 30.8 Å². The van der Waals surface area contributed by atoms with Crippen LogP contribution in [0.25, 0.3) is 11.3 Å². The Kier molecular flexibility index (Phi) is 6.48. The van der Waals surface area contributed by atoms with Gasteiger partial charge < -0.3 is 10.1 Å². The molecule has 0 spiro atoms. The number of aryl methyl sites for hydroxylation is 1. The molecule has 1 saturated heterocycles. The summed E-state index contributed by atoms with van der Waals surface area (Å²) >= 11 is 1.24. The maximum atomic E-state index is 14.4. The number of methoxy groups -OCH3 is 1. The number of likely N-dealkylation sites (tertiary alicyclic amines) is 1. The van der Waals surface area contributed by atoms with Gasteiger partial charge in [0.2, 0.25) is 5.88 Å². The van der Waals surface area contributed by atoms with Gasteiger partial charge in [-0.1, -0.05) is 11.3 Å². The maximum Gasteiger partial charge on any atom is 0.421 e. The molecule has 0 saturated carbocycles. The van der Waals surface area contributed by atoms with E-state index in [4.69, 9.17) is 4.74 Å². The molecule has 7 nitrogen and oxygen atoms in total. The number of hydrogen-bond acceptors (Lipinski definition) is 8. The molecule has 0 bridgehead atoms. The summed E-state index contributed by atoms with van der Waals surface area (Å²) in [7, 11) is 1.14. The molecule has 0 radical (unpaired) electrons. The monoisotopic (exact) mass is 482 g/mol. The van der Waals surface area contributed by atoms with Crippen molar-refractivity contribution in [3.05, 3.63) is 40.5 Å². The largest absolute Gasteiger partial charge is 0.481 e. The number of aromatic nitrogens is 4. The number of hydrogen-bond donors (Lipinski definition) is 1. The van der Waals surface area contributed by atoms with Gasteiger partial charge in [0.15, 0.2) is 16.8 Å². The van der Waals surface area contributed by atoms with E-state index in [1.54, 1.807) is 0 Å². The molecule has 0 amide bonds. The van der Waals surface area contributed by atoms with Crippen LogP contribution in [0, 0.1) is 12.7 Å². The Labute approximate surface area is 191 Å². The fraction of sp³-hybridized carbons (Fsp3) is 0.429. The second-order valence-electron chi connectivity index (χ2n) is 7.78. The van der Waals surface area contributed by atoms with Crippen molar-refractivity contribution in [3.8, 4) is 17.1 Å². The summed E-state index contributed by atoms with van der Waals surface area (Å²) in [5.74, 6) is -1.17. The molecule has 4 heterocycles. The van der Waals surface area contributed by atoms with E-state index in [0.29, 0.717) is 23.4 Å². The number of thiazole rings is 1. The molecule has 1 unspecified atom stereocenters. The minimum absolute atomic E-state index is 0.0484. The van der Waals surface area contributed by atoms with E-state index in [2.05, 4.69) is 37.1 Å². The first-order valence-electron chi connectivity index (χ1n) is 10.3. The molecule has 1 aliphatic rings. The lowest BCUT2D eigenvalue weighted by Gasteiger charge is -2.20. The van der Waals surface area contributed by atoms with Crippen molar-refractivity contribution in [2.75, 3.05) is 19.0 Å². The second-order valence-corrected chi connectivity index (χ2v) is 8.86. The third-order valence-corrected chi connectivity index (χ3v) is 6.50. The smallest absolute Gasteiger partial charge is 0.421 e. The number of anilines is 2. The Bertz CT molecular complexity index is 1150. The van der Waals surface area contributed by atoms with Crippen LogP contribution in [0.4, 0.5) is 28.5 Å². The highest BCUT2D eigenvalue weighted by Gasteiger charge is 2.36. The van der Waals surface area contributed by atoms with Crippen molar-refractivity contribution in [1.29, 1.82) is 0 Å². The topological polar surface area (TPSA) is 76.1 Å². The van der Waals surface area contributed by atoms with Gasteiger partial charge in [0.05, 0.1) is 18.5 Å². The first-order chi connectivity index (χ1) is 15.7. The molecule has 1 N–H and O–H groups in total. The van der Waals surface area contributed by atoms with E-state index in [9.17, 15) is 17.6 Å². The highest BCUT2D eigenvalue weighted by molar-refractivity contribution is 7.16. The van der Waals surface area contributed by atoms with Crippen LogP contribution in [-0.2, 0) is 12.7 Å². The Balaban J connectivity index is 1.76. The predicted octanol–water partition coefficient (Wildman–Crippen LogP) is 5.20. The Morgan fingerprint density at radius 1 is 1.27 bits per heavy atom. The van der Waals surface area contributed by atoms with E-state index < -0.39 is 23.4 Å². The highest BCUT2D eigenvalue weighted by Crippen LogP contribution is 2.40. The first-order valence-corrected chi connectivity index (χ1v) is 11.1. The van der Waals surface area contributed by atoms with Crippen molar-refractivity contribution in [1.82, 2.24) is 24.8 Å². The summed E-state index contributed by atoms with van der Waals surface area (Å²) in [6, 6.07) is 1.33. The lowest BCUT2D eigenvalue weighted by molar-refractivity contribution is -0.139. The summed E-state index contributed by atoms with van der Waals surface area (Å²) in [5, 5.41) is 3.16. The van der Waals surface area contributed by atoms with Crippen LogP contribution >= 0.6 is 11.3 Å². The van der Waals surface area contributed by atoms with E-state index >= 15 is 0 Å². The Hall–Kier alpha value is -2.86. The molecule has 1 atom stereocenters. The van der Waals surface area contributed by atoms with Gasteiger partial charge in [-0.2, -0.15) is 13.2 Å². The van der Waals surface area contributed by atoms with Crippen molar-refractivity contribution in [2.24, 2.45) is 0 Å². The van der Waals surface area contributed by atoms with Crippen LogP contribution in [0.15, 0.2) is 18.6 Å². The molecule has 3 aromatic rings. The lowest BCUT2D eigenvalue weighted by Crippen LogP contribution is -2.25. The minimum atomic E-state index is -4.64. The highest BCUT2D eigenvalue weighted by atomic mass is 32.1. The van der Waals surface area contributed by atoms with Crippen LogP contribution in [0.1, 0.15) is 35.9 Å². The molecule has 12 heteroatoms. The van der Waals surface area contributed by atoms with Gasteiger partial charge >= 0.3 is 6.18 Å². The molecule has 33 heavy (non-hydrogen) atoms. The van der Waals surface area contributed by atoms with Crippen molar-refractivity contribution in [3.63, 3.8) is 0 Å². The zero-order valence-corrected chi connectivity index (χ0v) is 19.0. The number of pyridine rings is 1. The number of nitrogens with one attached hydrogen (secondary N) is 1. The number of ether oxygens (including phenoxy) is 1. The van der Waals surface area contributed by atoms with Gasteiger partial charge in [0.1, 0.15) is 11.9 Å². The van der Waals surface area contributed by atoms with Crippen LogP contribution in [0.2, 0.25) is 0 Å². The molecular formula is C21H22F4N6OS. The molecule has 4 rings (SSSR count). The van der Waals surface area contributed by atoms with Crippen molar-refractivity contribution >= 4 is 22.3 Å². The summed E-state index contributed by atoms with van der Waals surface area (Å²) in [4.78, 5) is 19.1. The lowest BCUT2D eigenvalue weighted by atomic mass is 10.1. The van der Waals surface area contributed by atoms with Gasteiger partial charge in [-0.3, -0.25) is 4.90 Å². The van der Waals surface area contributed by atoms with E-state index in [1.807, 2.05) is 0 Å². The molecule has 176 valence electrons. The van der Waals surface area contributed by atoms with Gasteiger partial charge in [-0.05, 0) is 39.3 Å². The van der Waals surface area contributed by atoms with Crippen molar-refractivity contribution in [2.45, 2.75) is 45.5 Å². The SMILES string of the molecule is COc1ncc(-c2nc(Nc3ncnc(C)c3F)sc2CN2CCCC2C)cc1C(F)(F)F. The van der Waals surface area contributed by atoms with Gasteiger partial charge in [0.25, 0.3) is 0 Å². The predicted molar refractivity (Wildman–Crippen MR) is 116 cm³/mol. The second kappa shape index (κ2) is 9.18. The Morgan fingerprint density at radius 3 is 2.73 bits per heavy atom. The fourth-order valence-electron chi connectivity index (χ4n) is 3.74. The zero-order valence-electron chi connectivity index (χ0n) is 18.2. The first kappa shape index (κ1) is 23.3. The van der Waals surface area contributed by atoms with Crippen molar-refractivity contribution < 1.29 is 22.3 Å². The van der Waals surface area contributed by atoms with E-state index in [-0.39, 0.29) is 17.1 Å². The standard InChI is InChI=1S/C21H22F4N6OS/c1-11-5-4-6-31(11)9-15-17(13-7-14(21(23,24)25)19(32-3)26-8-13)29-20(33-15)30-18-16(22)12(2)27-10-28-18/h7-8,10-11H,4-6,9H2,1-3H3,(H,27,28,29,30). The van der Waals surface area contributed by atoms with Gasteiger partial charge in [-0.25, -0.2) is 24.3 Å².